The largest absolute Gasteiger partial charge is 0.392 e. The summed E-state index contributed by atoms with van der Waals surface area (Å²) in [6.45, 7) is 4.59. The molecule has 2 saturated heterocycles. The van der Waals surface area contributed by atoms with Crippen molar-refractivity contribution in [2.75, 3.05) is 37.7 Å². The van der Waals surface area contributed by atoms with E-state index in [2.05, 4.69) is 38.3 Å². The Labute approximate surface area is 210 Å². The van der Waals surface area contributed by atoms with Crippen LogP contribution in [0.25, 0.3) is 11.3 Å². The molecule has 36 heavy (non-hydrogen) atoms. The van der Waals surface area contributed by atoms with Gasteiger partial charge < -0.3 is 20.1 Å². The number of nitrogens with zero attached hydrogens (tertiary/aromatic N) is 4. The number of hydrogen-bond donors (Lipinski definition) is 2. The van der Waals surface area contributed by atoms with Crippen LogP contribution in [0.1, 0.15) is 28.9 Å². The second-order valence-corrected chi connectivity index (χ2v) is 9.85. The first-order valence-corrected chi connectivity index (χ1v) is 12.7. The summed E-state index contributed by atoms with van der Waals surface area (Å²) < 4.78 is 5.58. The van der Waals surface area contributed by atoms with Gasteiger partial charge in [0.2, 0.25) is 5.91 Å². The van der Waals surface area contributed by atoms with Crippen LogP contribution in [-0.4, -0.2) is 70.9 Å². The normalized spacial score (nSPS) is 22.7. The summed E-state index contributed by atoms with van der Waals surface area (Å²) in [5, 5.41) is 13.6. The zero-order valence-electron chi connectivity index (χ0n) is 20.3. The number of amides is 1. The first-order chi connectivity index (χ1) is 17.6. The SMILES string of the molecule is O=C1NCc2ccc(cc2)-c2ccnc(n2)Cc2ccc(N3CCOCC3)c(c2)CN2C[C@H](O)C[C@@H]12. The highest BCUT2D eigenvalue weighted by atomic mass is 16.5. The summed E-state index contributed by atoms with van der Waals surface area (Å²) in [4.78, 5) is 27.1. The van der Waals surface area contributed by atoms with E-state index in [0.29, 0.717) is 45.7 Å². The molecule has 4 aliphatic heterocycles. The minimum absolute atomic E-state index is 0.0402. The van der Waals surface area contributed by atoms with Crippen LogP contribution in [-0.2, 0) is 29.0 Å². The summed E-state index contributed by atoms with van der Waals surface area (Å²) >= 11 is 0. The Morgan fingerprint density at radius 2 is 1.83 bits per heavy atom. The number of benzene rings is 2. The lowest BCUT2D eigenvalue weighted by atomic mass is 10.0. The number of aliphatic hydroxyl groups excluding tert-OH is 1. The zero-order valence-corrected chi connectivity index (χ0v) is 20.3. The molecule has 8 heteroatoms. The highest BCUT2D eigenvalue weighted by Gasteiger charge is 2.36. The van der Waals surface area contributed by atoms with Gasteiger partial charge in [-0.3, -0.25) is 9.69 Å². The van der Waals surface area contributed by atoms with E-state index in [-0.39, 0.29) is 11.9 Å². The molecule has 2 N–H and O–H groups in total. The van der Waals surface area contributed by atoms with Crippen molar-refractivity contribution in [2.24, 2.45) is 0 Å². The number of fused-ring (bicyclic) bond motifs is 4. The van der Waals surface area contributed by atoms with E-state index in [4.69, 9.17) is 9.72 Å². The molecule has 7 rings (SSSR count). The molecule has 0 saturated carbocycles. The van der Waals surface area contributed by atoms with Gasteiger partial charge in [-0.05, 0) is 35.2 Å². The second kappa shape index (κ2) is 9.97. The molecule has 3 aromatic rings. The average molecular weight is 486 g/mol. The lowest BCUT2D eigenvalue weighted by Gasteiger charge is -2.32. The van der Waals surface area contributed by atoms with E-state index in [9.17, 15) is 9.90 Å². The van der Waals surface area contributed by atoms with Crippen LogP contribution in [0.5, 0.6) is 0 Å². The summed E-state index contributed by atoms with van der Waals surface area (Å²) in [5.74, 6) is 0.735. The molecular formula is C28H31N5O3. The Morgan fingerprint density at radius 3 is 2.67 bits per heavy atom. The van der Waals surface area contributed by atoms with Crippen molar-refractivity contribution < 1.29 is 14.6 Å². The monoisotopic (exact) mass is 485 g/mol. The van der Waals surface area contributed by atoms with Crippen molar-refractivity contribution in [2.45, 2.75) is 38.1 Å². The smallest absolute Gasteiger partial charge is 0.237 e. The first kappa shape index (κ1) is 23.1. The van der Waals surface area contributed by atoms with E-state index in [0.717, 1.165) is 52.5 Å². The minimum Gasteiger partial charge on any atom is -0.392 e. The fraction of sp³-hybridized carbons (Fsp3) is 0.393. The molecule has 8 nitrogen and oxygen atoms in total. The predicted molar refractivity (Wildman–Crippen MR) is 136 cm³/mol. The van der Waals surface area contributed by atoms with Crippen LogP contribution in [0.4, 0.5) is 5.69 Å². The zero-order chi connectivity index (χ0) is 24.5. The van der Waals surface area contributed by atoms with E-state index in [1.165, 1.54) is 0 Å². The molecule has 2 fully saturated rings. The summed E-state index contributed by atoms with van der Waals surface area (Å²) in [7, 11) is 0. The number of carbonyl (C=O) groups is 1. The van der Waals surface area contributed by atoms with Crippen LogP contribution >= 0.6 is 0 Å². The summed E-state index contributed by atoms with van der Waals surface area (Å²) in [6, 6.07) is 16.2. The van der Waals surface area contributed by atoms with Crippen LogP contribution < -0.4 is 10.2 Å². The third-order valence-electron chi connectivity index (χ3n) is 7.34. The Hall–Kier alpha value is -3.33. The topological polar surface area (TPSA) is 90.8 Å². The third kappa shape index (κ3) is 4.84. The number of nitrogens with one attached hydrogen (secondary N) is 1. The second-order valence-electron chi connectivity index (χ2n) is 9.85. The van der Waals surface area contributed by atoms with E-state index >= 15 is 0 Å². The maximum Gasteiger partial charge on any atom is 0.237 e. The van der Waals surface area contributed by atoms with Gasteiger partial charge in [-0.1, -0.05) is 36.4 Å². The highest BCUT2D eigenvalue weighted by Crippen LogP contribution is 2.29. The Balaban J connectivity index is 1.41. The van der Waals surface area contributed by atoms with E-state index < -0.39 is 6.10 Å². The molecule has 1 aromatic heterocycles. The summed E-state index contributed by atoms with van der Waals surface area (Å²) in [5.41, 5.74) is 6.37. The Kier molecular flexibility index (Phi) is 6.39. The molecule has 0 unspecified atom stereocenters. The Morgan fingerprint density at radius 1 is 1.03 bits per heavy atom. The van der Waals surface area contributed by atoms with Gasteiger partial charge >= 0.3 is 0 Å². The predicted octanol–water partition coefficient (Wildman–Crippen LogP) is 2.14. The molecule has 2 aromatic carbocycles. The molecule has 4 aliphatic rings. The van der Waals surface area contributed by atoms with Gasteiger partial charge in [0.1, 0.15) is 5.82 Å². The number of morpholine rings is 1. The number of ether oxygens (including phenoxy) is 1. The number of aromatic nitrogens is 2. The van der Waals surface area contributed by atoms with Crippen molar-refractivity contribution >= 4 is 11.6 Å². The molecule has 0 aliphatic carbocycles. The van der Waals surface area contributed by atoms with Gasteiger partial charge in [-0.2, -0.15) is 0 Å². The molecule has 1 amide bonds. The van der Waals surface area contributed by atoms with E-state index in [1.807, 2.05) is 36.5 Å². The standard InChI is InChI=1S/C28H31N5O3/c34-23-15-26-28(35)30-16-19-1-4-21(5-2-19)24-7-8-29-27(31-24)14-20-3-6-25(32-9-11-36-12-10-32)22(13-20)17-33(26)18-23/h1-8,13,23,26,34H,9-12,14-18H2,(H,30,35)/t23-,26+/m1/s1. The molecule has 186 valence electrons. The Bertz CT molecular complexity index is 1240. The van der Waals surface area contributed by atoms with Gasteiger partial charge in [0, 0.05) is 56.6 Å². The fourth-order valence-electron chi connectivity index (χ4n) is 5.46. The van der Waals surface area contributed by atoms with Crippen LogP contribution in [0, 0.1) is 0 Å². The third-order valence-corrected chi connectivity index (χ3v) is 7.34. The van der Waals surface area contributed by atoms with Gasteiger partial charge in [0.25, 0.3) is 0 Å². The van der Waals surface area contributed by atoms with E-state index in [1.54, 1.807) is 0 Å². The number of rotatable bonds is 1. The average Bonchev–Trinajstić information content (AvgIpc) is 3.28. The molecular weight excluding hydrogens is 454 g/mol. The van der Waals surface area contributed by atoms with Crippen LogP contribution in [0.2, 0.25) is 0 Å². The van der Waals surface area contributed by atoms with Crippen molar-refractivity contribution in [1.82, 2.24) is 20.2 Å². The minimum atomic E-state index is -0.517. The quantitative estimate of drug-likeness (QED) is 0.546. The number of anilines is 1. The van der Waals surface area contributed by atoms with Gasteiger partial charge in [0.15, 0.2) is 0 Å². The van der Waals surface area contributed by atoms with Gasteiger partial charge in [-0.15, -0.1) is 0 Å². The van der Waals surface area contributed by atoms with Crippen molar-refractivity contribution in [3.8, 4) is 11.3 Å². The molecule has 0 radical (unpaired) electrons. The molecule has 2 atom stereocenters. The first-order valence-electron chi connectivity index (χ1n) is 12.7. The van der Waals surface area contributed by atoms with Crippen molar-refractivity contribution in [1.29, 1.82) is 0 Å². The van der Waals surface area contributed by atoms with Crippen molar-refractivity contribution in [3.05, 3.63) is 77.2 Å². The van der Waals surface area contributed by atoms with Crippen molar-refractivity contribution in [3.63, 3.8) is 0 Å². The van der Waals surface area contributed by atoms with Crippen LogP contribution in [0.3, 0.4) is 0 Å². The molecule has 0 spiro atoms. The number of aliphatic hydroxyl groups is 1. The summed E-state index contributed by atoms with van der Waals surface area (Å²) in [6.07, 6.45) is 2.36. The number of hydrogen-bond acceptors (Lipinski definition) is 7. The lowest BCUT2D eigenvalue weighted by Crippen LogP contribution is -2.43. The molecule has 5 heterocycles. The van der Waals surface area contributed by atoms with Crippen LogP contribution in [0.15, 0.2) is 54.7 Å². The maximum absolute atomic E-state index is 13.2. The highest BCUT2D eigenvalue weighted by molar-refractivity contribution is 5.82. The van der Waals surface area contributed by atoms with Gasteiger partial charge in [0.05, 0.1) is 31.1 Å². The van der Waals surface area contributed by atoms with Gasteiger partial charge in [-0.25, -0.2) is 9.97 Å². The fourth-order valence-corrected chi connectivity index (χ4v) is 5.46. The maximum atomic E-state index is 13.2. The lowest BCUT2D eigenvalue weighted by molar-refractivity contribution is -0.125. The number of carbonyl (C=O) groups excluding carboxylic acids is 1. The molecule has 6 bridgehead atoms.